The minimum absolute atomic E-state index is 0.0263. The zero-order valence-corrected chi connectivity index (χ0v) is 20.1. The molecular formula is C27H34N4O2. The third-order valence-electron chi connectivity index (χ3n) is 7.87. The Labute approximate surface area is 195 Å². The largest absolute Gasteiger partial charge is 0.396 e. The number of hydrogen-bond acceptors (Lipinski definition) is 5. The number of rotatable bonds is 3. The zero-order chi connectivity index (χ0) is 23.3. The maximum atomic E-state index is 10.4. The molecule has 1 N–H and O–H groups in total. The number of hydrogen-bond donors (Lipinski definition) is 1. The average Bonchev–Trinajstić information content (AvgIpc) is 3.17. The maximum Gasteiger partial charge on any atom is 0.157 e. The van der Waals surface area contributed by atoms with E-state index < -0.39 is 0 Å². The minimum Gasteiger partial charge on any atom is -0.396 e. The van der Waals surface area contributed by atoms with Gasteiger partial charge in [-0.25, -0.2) is 4.98 Å². The molecule has 33 heavy (non-hydrogen) atoms. The van der Waals surface area contributed by atoms with Gasteiger partial charge >= 0.3 is 0 Å². The van der Waals surface area contributed by atoms with Gasteiger partial charge in [0, 0.05) is 19.7 Å². The number of piperidine rings is 1. The molecule has 2 aliphatic heterocycles. The molecule has 5 rings (SSSR count). The molecule has 0 spiro atoms. The van der Waals surface area contributed by atoms with Gasteiger partial charge in [-0.3, -0.25) is 4.40 Å². The summed E-state index contributed by atoms with van der Waals surface area (Å²) < 4.78 is 8.24. The second-order valence-electron chi connectivity index (χ2n) is 10.5. The summed E-state index contributed by atoms with van der Waals surface area (Å²) in [5, 5.41) is 20.2. The van der Waals surface area contributed by atoms with E-state index in [2.05, 4.69) is 49.1 Å². The zero-order valence-electron chi connectivity index (χ0n) is 20.1. The van der Waals surface area contributed by atoms with Crippen LogP contribution < -0.4 is 4.90 Å². The number of fused-ring (bicyclic) bond motifs is 3. The number of nitriles is 1. The molecule has 6 nitrogen and oxygen atoms in total. The number of ether oxygens (including phenoxy) is 1. The molecule has 2 aliphatic rings. The second kappa shape index (κ2) is 8.30. The molecule has 0 radical (unpaired) electrons. The molecule has 1 unspecified atom stereocenters. The van der Waals surface area contributed by atoms with Gasteiger partial charge in [-0.05, 0) is 81.0 Å². The molecule has 0 bridgehead atoms. The Bertz CT molecular complexity index is 1220. The van der Waals surface area contributed by atoms with Crippen LogP contribution in [0.2, 0.25) is 0 Å². The van der Waals surface area contributed by atoms with Gasteiger partial charge in [0.1, 0.15) is 11.9 Å². The van der Waals surface area contributed by atoms with Crippen LogP contribution in [0.1, 0.15) is 69.1 Å². The van der Waals surface area contributed by atoms with E-state index in [0.717, 1.165) is 66.8 Å². The van der Waals surface area contributed by atoms with Crippen LogP contribution in [-0.4, -0.2) is 46.4 Å². The Morgan fingerprint density at radius 2 is 1.85 bits per heavy atom. The van der Waals surface area contributed by atoms with Crippen LogP contribution in [-0.2, 0) is 4.74 Å². The van der Waals surface area contributed by atoms with Gasteiger partial charge in [0.15, 0.2) is 5.65 Å². The van der Waals surface area contributed by atoms with Crippen molar-refractivity contribution in [2.75, 3.05) is 24.6 Å². The van der Waals surface area contributed by atoms with Crippen molar-refractivity contribution >= 4 is 22.5 Å². The van der Waals surface area contributed by atoms with Crippen molar-refractivity contribution in [3.8, 4) is 6.07 Å². The second-order valence-corrected chi connectivity index (χ2v) is 10.5. The lowest BCUT2D eigenvalue weighted by Crippen LogP contribution is -2.41. The number of benzene rings is 1. The van der Waals surface area contributed by atoms with E-state index in [9.17, 15) is 10.4 Å². The van der Waals surface area contributed by atoms with Crippen LogP contribution in [0.4, 0.5) is 5.82 Å². The van der Waals surface area contributed by atoms with E-state index in [1.165, 1.54) is 5.56 Å². The van der Waals surface area contributed by atoms with Crippen molar-refractivity contribution in [2.24, 2.45) is 5.41 Å². The van der Waals surface area contributed by atoms with Crippen molar-refractivity contribution in [3.05, 3.63) is 41.0 Å². The van der Waals surface area contributed by atoms with Gasteiger partial charge in [-0.1, -0.05) is 19.1 Å². The molecular weight excluding hydrogens is 412 g/mol. The Morgan fingerprint density at radius 3 is 2.48 bits per heavy atom. The van der Waals surface area contributed by atoms with Gasteiger partial charge in [-0.2, -0.15) is 5.26 Å². The van der Waals surface area contributed by atoms with Gasteiger partial charge in [-0.15, -0.1) is 0 Å². The van der Waals surface area contributed by atoms with Crippen molar-refractivity contribution < 1.29 is 9.84 Å². The molecule has 0 aliphatic carbocycles. The minimum atomic E-state index is -0.0263. The van der Waals surface area contributed by atoms with E-state index in [-0.39, 0.29) is 30.1 Å². The molecule has 2 aromatic heterocycles. The smallest absolute Gasteiger partial charge is 0.157 e. The van der Waals surface area contributed by atoms with Crippen molar-refractivity contribution in [1.29, 1.82) is 5.26 Å². The predicted molar refractivity (Wildman–Crippen MR) is 131 cm³/mol. The Kier molecular flexibility index (Phi) is 5.58. The lowest BCUT2D eigenvalue weighted by Gasteiger charge is -2.41. The predicted octanol–water partition coefficient (Wildman–Crippen LogP) is 4.94. The average molecular weight is 447 g/mol. The van der Waals surface area contributed by atoms with Crippen LogP contribution in [0.15, 0.2) is 24.3 Å². The highest BCUT2D eigenvalue weighted by Gasteiger charge is 2.35. The molecule has 0 amide bonds. The molecule has 6 heteroatoms. The molecule has 174 valence electrons. The van der Waals surface area contributed by atoms with Crippen LogP contribution in [0.5, 0.6) is 0 Å². The first-order valence-corrected chi connectivity index (χ1v) is 12.2. The Hall–Kier alpha value is -2.62. The summed E-state index contributed by atoms with van der Waals surface area (Å²) in [7, 11) is 0. The van der Waals surface area contributed by atoms with Crippen LogP contribution >= 0.6 is 0 Å². The fourth-order valence-electron chi connectivity index (χ4n) is 6.06. The summed E-state index contributed by atoms with van der Waals surface area (Å²) in [4.78, 5) is 7.41. The van der Waals surface area contributed by atoms with E-state index in [1.54, 1.807) is 0 Å². The van der Waals surface area contributed by atoms with E-state index in [4.69, 9.17) is 9.72 Å². The van der Waals surface area contributed by atoms with Gasteiger partial charge in [0.25, 0.3) is 0 Å². The highest BCUT2D eigenvalue weighted by Crippen LogP contribution is 2.43. The first kappa shape index (κ1) is 22.2. The Balaban J connectivity index is 1.76. The first-order valence-electron chi connectivity index (χ1n) is 12.2. The number of pyridine rings is 1. The van der Waals surface area contributed by atoms with E-state index in [0.29, 0.717) is 5.56 Å². The molecule has 3 atom stereocenters. The van der Waals surface area contributed by atoms with Crippen molar-refractivity contribution in [2.45, 2.75) is 71.5 Å². The third-order valence-corrected chi connectivity index (χ3v) is 7.87. The summed E-state index contributed by atoms with van der Waals surface area (Å²) in [6.45, 7) is 10.6. The van der Waals surface area contributed by atoms with Crippen LogP contribution in [0, 0.1) is 23.7 Å². The van der Waals surface area contributed by atoms with Gasteiger partial charge in [0.2, 0.25) is 0 Å². The van der Waals surface area contributed by atoms with Gasteiger partial charge < -0.3 is 14.7 Å². The SMILES string of the molecule is Cc1c(C2C[C@@H](C)O[C@@H](C)C2)c(C#N)c2nc3ccccc3n2c1N1CCC(C)(CO)CC1. The molecule has 0 saturated carbocycles. The number of imidazole rings is 1. The highest BCUT2D eigenvalue weighted by atomic mass is 16.5. The molecule has 2 fully saturated rings. The molecule has 2 saturated heterocycles. The van der Waals surface area contributed by atoms with Crippen molar-refractivity contribution in [1.82, 2.24) is 9.38 Å². The Morgan fingerprint density at radius 1 is 1.18 bits per heavy atom. The summed E-state index contributed by atoms with van der Waals surface area (Å²) in [6, 6.07) is 10.7. The van der Waals surface area contributed by atoms with E-state index >= 15 is 0 Å². The monoisotopic (exact) mass is 446 g/mol. The summed E-state index contributed by atoms with van der Waals surface area (Å²) in [5.41, 5.74) is 5.72. The van der Waals surface area contributed by atoms with Crippen LogP contribution in [0.3, 0.4) is 0 Å². The first-order chi connectivity index (χ1) is 15.8. The van der Waals surface area contributed by atoms with Crippen molar-refractivity contribution in [3.63, 3.8) is 0 Å². The third kappa shape index (κ3) is 3.68. The molecule has 1 aromatic carbocycles. The molecule has 4 heterocycles. The standard InChI is InChI=1S/C27H34N4O2/c1-17-13-20(14-18(2)33-17)24-19(3)26(30-11-9-27(4,16-32)10-12-30)31-23-8-6-5-7-22(23)29-25(31)21(24)15-28/h5-8,17-18,20,32H,9-14,16H2,1-4H3/t17-,18+,20?. The summed E-state index contributed by atoms with van der Waals surface area (Å²) in [5.74, 6) is 1.42. The lowest BCUT2D eigenvalue weighted by molar-refractivity contribution is -0.0380. The highest BCUT2D eigenvalue weighted by molar-refractivity contribution is 5.86. The summed E-state index contributed by atoms with van der Waals surface area (Å²) >= 11 is 0. The fourth-order valence-corrected chi connectivity index (χ4v) is 6.06. The summed E-state index contributed by atoms with van der Waals surface area (Å²) in [6.07, 6.45) is 4.05. The molecule has 3 aromatic rings. The number of para-hydroxylation sites is 2. The number of aliphatic hydroxyl groups is 1. The quantitative estimate of drug-likeness (QED) is 0.617. The van der Waals surface area contributed by atoms with E-state index in [1.807, 2.05) is 18.2 Å². The van der Waals surface area contributed by atoms with Gasteiger partial charge in [0.05, 0.1) is 28.8 Å². The number of nitrogens with zero attached hydrogens (tertiary/aromatic N) is 4. The van der Waals surface area contributed by atoms with Crippen LogP contribution in [0.25, 0.3) is 16.7 Å². The lowest BCUT2D eigenvalue weighted by atomic mass is 9.80. The topological polar surface area (TPSA) is 73.8 Å². The number of aliphatic hydroxyl groups excluding tert-OH is 1. The number of aromatic nitrogens is 2. The normalized spacial score (nSPS) is 25.5. The number of anilines is 1. The fraction of sp³-hybridized carbons (Fsp3) is 0.556. The maximum absolute atomic E-state index is 10.4.